The molecule has 2 aromatic rings. The van der Waals surface area contributed by atoms with Gasteiger partial charge in [0.1, 0.15) is 5.82 Å². The summed E-state index contributed by atoms with van der Waals surface area (Å²) in [6.07, 6.45) is 1.49. The minimum Gasteiger partial charge on any atom is -0.466 e. The van der Waals surface area contributed by atoms with Gasteiger partial charge in [0.2, 0.25) is 5.13 Å². The van der Waals surface area contributed by atoms with Crippen LogP contribution in [0.3, 0.4) is 0 Å². The topological polar surface area (TPSA) is 63.6 Å². The van der Waals surface area contributed by atoms with Crippen molar-refractivity contribution in [3.8, 4) is 0 Å². The molecule has 1 aromatic heterocycles. The maximum atomic E-state index is 13.4. The molecule has 2 rings (SSSR count). The molecule has 0 saturated carbocycles. The van der Waals surface area contributed by atoms with Gasteiger partial charge in [0.25, 0.3) is 0 Å². The summed E-state index contributed by atoms with van der Waals surface area (Å²) in [5.74, 6) is -0.953. The van der Waals surface area contributed by atoms with E-state index in [0.717, 1.165) is 0 Å². The van der Waals surface area contributed by atoms with E-state index in [1.807, 2.05) is 0 Å². The Kier molecular flexibility index (Phi) is 6.32. The summed E-state index contributed by atoms with van der Waals surface area (Å²) >= 11 is 12.7. The zero-order valence-corrected chi connectivity index (χ0v) is 14.3. The Labute approximate surface area is 146 Å². The minimum absolute atomic E-state index is 0.105. The van der Waals surface area contributed by atoms with Crippen LogP contribution in [0.25, 0.3) is 0 Å². The fourth-order valence-corrected chi connectivity index (χ4v) is 2.60. The van der Waals surface area contributed by atoms with Crippen LogP contribution < -0.4 is 5.43 Å². The van der Waals surface area contributed by atoms with E-state index in [2.05, 4.69) is 15.5 Å². The maximum Gasteiger partial charge on any atom is 0.311 e. The number of aromatic nitrogens is 1. The largest absolute Gasteiger partial charge is 0.466 e. The number of anilines is 1. The number of hydrazone groups is 1. The molecule has 122 valence electrons. The molecule has 5 nitrogen and oxygen atoms in total. The van der Waals surface area contributed by atoms with Gasteiger partial charge < -0.3 is 4.74 Å². The third-order valence-electron chi connectivity index (χ3n) is 2.56. The second-order valence-electron chi connectivity index (χ2n) is 4.29. The molecule has 1 heterocycles. The average molecular weight is 376 g/mol. The monoisotopic (exact) mass is 375 g/mol. The SMILES string of the molecule is CCOC(=O)Cc1csc(NN=Cc2cc(F)c(Cl)c(Cl)c2)n1. The zero-order chi connectivity index (χ0) is 16.8. The van der Waals surface area contributed by atoms with Crippen molar-refractivity contribution >= 4 is 51.9 Å². The number of halogens is 3. The van der Waals surface area contributed by atoms with Crippen LogP contribution in [0.2, 0.25) is 10.0 Å². The highest BCUT2D eigenvalue weighted by molar-refractivity contribution is 7.13. The molecular formula is C14H12Cl2FN3O2S. The van der Waals surface area contributed by atoms with Crippen LogP contribution in [0.15, 0.2) is 22.6 Å². The number of nitrogens with one attached hydrogen (secondary N) is 1. The molecule has 0 aliphatic carbocycles. The van der Waals surface area contributed by atoms with Gasteiger partial charge in [0.05, 0.1) is 35.0 Å². The first-order valence-electron chi connectivity index (χ1n) is 6.53. The summed E-state index contributed by atoms with van der Waals surface area (Å²) in [4.78, 5) is 15.5. The lowest BCUT2D eigenvalue weighted by atomic mass is 10.2. The van der Waals surface area contributed by atoms with Gasteiger partial charge in [-0.25, -0.2) is 9.37 Å². The van der Waals surface area contributed by atoms with Gasteiger partial charge in [0, 0.05) is 5.38 Å². The molecule has 0 bridgehead atoms. The second-order valence-corrected chi connectivity index (χ2v) is 5.94. The Morgan fingerprint density at radius 3 is 3.00 bits per heavy atom. The van der Waals surface area contributed by atoms with Gasteiger partial charge in [-0.2, -0.15) is 5.10 Å². The summed E-state index contributed by atoms with van der Waals surface area (Å²) in [6, 6.07) is 2.71. The summed E-state index contributed by atoms with van der Waals surface area (Å²) in [5.41, 5.74) is 3.74. The van der Waals surface area contributed by atoms with Crippen LogP contribution in [0, 0.1) is 5.82 Å². The summed E-state index contributed by atoms with van der Waals surface area (Å²) < 4.78 is 18.3. The first kappa shape index (κ1) is 17.7. The molecule has 0 aliphatic rings. The molecule has 0 spiro atoms. The standard InChI is InChI=1S/C14H12Cl2FN3O2S/c1-2-22-12(21)5-9-7-23-14(19-9)20-18-6-8-3-10(15)13(16)11(17)4-8/h3-4,6-7H,2,5H2,1H3,(H,19,20). The van der Waals surface area contributed by atoms with E-state index in [0.29, 0.717) is 23.0 Å². The first-order chi connectivity index (χ1) is 11.0. The number of rotatable bonds is 6. The van der Waals surface area contributed by atoms with Crippen molar-refractivity contribution in [3.63, 3.8) is 0 Å². The van der Waals surface area contributed by atoms with E-state index in [1.54, 1.807) is 12.3 Å². The molecule has 23 heavy (non-hydrogen) atoms. The fraction of sp³-hybridized carbons (Fsp3) is 0.214. The maximum absolute atomic E-state index is 13.4. The Hall–Kier alpha value is -1.70. The second kappa shape index (κ2) is 8.24. The highest BCUT2D eigenvalue weighted by atomic mass is 35.5. The summed E-state index contributed by atoms with van der Waals surface area (Å²) in [7, 11) is 0. The van der Waals surface area contributed by atoms with Gasteiger partial charge in [-0.05, 0) is 24.6 Å². The Balaban J connectivity index is 1.96. The van der Waals surface area contributed by atoms with Crippen LogP contribution in [0.5, 0.6) is 0 Å². The molecule has 0 saturated heterocycles. The van der Waals surface area contributed by atoms with Crippen molar-refractivity contribution in [2.75, 3.05) is 12.0 Å². The van der Waals surface area contributed by atoms with E-state index >= 15 is 0 Å². The van der Waals surface area contributed by atoms with Crippen LogP contribution in [-0.2, 0) is 16.0 Å². The number of carbonyl (C=O) groups is 1. The van der Waals surface area contributed by atoms with E-state index in [4.69, 9.17) is 27.9 Å². The predicted molar refractivity (Wildman–Crippen MR) is 90.1 cm³/mol. The van der Waals surface area contributed by atoms with Crippen molar-refractivity contribution in [1.82, 2.24) is 4.98 Å². The molecule has 0 atom stereocenters. The smallest absolute Gasteiger partial charge is 0.311 e. The van der Waals surface area contributed by atoms with Crippen molar-refractivity contribution < 1.29 is 13.9 Å². The molecular weight excluding hydrogens is 364 g/mol. The third-order valence-corrected chi connectivity index (χ3v) is 4.14. The quantitative estimate of drug-likeness (QED) is 0.356. The highest BCUT2D eigenvalue weighted by Gasteiger charge is 2.08. The highest BCUT2D eigenvalue weighted by Crippen LogP contribution is 2.25. The zero-order valence-electron chi connectivity index (χ0n) is 12.0. The number of nitrogens with zero attached hydrogens (tertiary/aromatic N) is 2. The van der Waals surface area contributed by atoms with Gasteiger partial charge in [-0.3, -0.25) is 10.2 Å². The van der Waals surface area contributed by atoms with E-state index in [1.165, 1.54) is 29.7 Å². The lowest BCUT2D eigenvalue weighted by Crippen LogP contribution is -2.07. The molecule has 0 radical (unpaired) electrons. The van der Waals surface area contributed by atoms with E-state index in [9.17, 15) is 9.18 Å². The molecule has 9 heteroatoms. The first-order valence-corrected chi connectivity index (χ1v) is 8.16. The number of ether oxygens (including phenoxy) is 1. The van der Waals surface area contributed by atoms with Crippen molar-refractivity contribution in [2.24, 2.45) is 5.10 Å². The molecule has 0 amide bonds. The van der Waals surface area contributed by atoms with Gasteiger partial charge in [-0.1, -0.05) is 23.2 Å². The number of carbonyl (C=O) groups excluding carboxylic acids is 1. The summed E-state index contributed by atoms with van der Waals surface area (Å²) in [5, 5.41) is 6.16. The van der Waals surface area contributed by atoms with Crippen LogP contribution in [-0.4, -0.2) is 23.8 Å². The number of esters is 1. The number of benzene rings is 1. The van der Waals surface area contributed by atoms with Crippen LogP contribution in [0.1, 0.15) is 18.2 Å². The fourth-order valence-electron chi connectivity index (χ4n) is 1.61. The van der Waals surface area contributed by atoms with Gasteiger partial charge in [-0.15, -0.1) is 11.3 Å². The van der Waals surface area contributed by atoms with Crippen LogP contribution in [0.4, 0.5) is 9.52 Å². The number of hydrogen-bond acceptors (Lipinski definition) is 6. The normalized spacial score (nSPS) is 11.0. The van der Waals surface area contributed by atoms with Crippen molar-refractivity contribution in [2.45, 2.75) is 13.3 Å². The predicted octanol–water partition coefficient (Wildman–Crippen LogP) is 4.14. The third kappa shape index (κ3) is 5.16. The molecule has 1 aromatic carbocycles. The van der Waals surface area contributed by atoms with Gasteiger partial charge >= 0.3 is 5.97 Å². The lowest BCUT2D eigenvalue weighted by molar-refractivity contribution is -0.142. The van der Waals surface area contributed by atoms with E-state index < -0.39 is 5.82 Å². The van der Waals surface area contributed by atoms with Gasteiger partial charge in [0.15, 0.2) is 0 Å². The Morgan fingerprint density at radius 1 is 1.52 bits per heavy atom. The lowest BCUT2D eigenvalue weighted by Gasteiger charge is -2.00. The Bertz CT molecular complexity index is 714. The molecule has 1 N–H and O–H groups in total. The number of thiazole rings is 1. The Morgan fingerprint density at radius 2 is 2.30 bits per heavy atom. The minimum atomic E-state index is -0.619. The average Bonchev–Trinajstić information content (AvgIpc) is 2.92. The number of hydrogen-bond donors (Lipinski definition) is 1. The van der Waals surface area contributed by atoms with Crippen LogP contribution >= 0.6 is 34.5 Å². The molecule has 0 unspecified atom stereocenters. The summed E-state index contributed by atoms with van der Waals surface area (Å²) in [6.45, 7) is 2.07. The molecule has 0 aliphatic heterocycles. The van der Waals surface area contributed by atoms with Crippen molar-refractivity contribution in [3.05, 3.63) is 44.6 Å². The molecule has 0 fully saturated rings. The van der Waals surface area contributed by atoms with E-state index in [-0.39, 0.29) is 22.4 Å². The van der Waals surface area contributed by atoms with Crippen molar-refractivity contribution in [1.29, 1.82) is 0 Å².